The third-order valence-electron chi connectivity index (χ3n) is 2.98. The van der Waals surface area contributed by atoms with Gasteiger partial charge in [0.15, 0.2) is 0 Å². The highest BCUT2D eigenvalue weighted by Gasteiger charge is 2.25. The molecule has 13 heavy (non-hydrogen) atoms. The second kappa shape index (κ2) is 3.96. The lowest BCUT2D eigenvalue weighted by molar-refractivity contribution is 0.242. The number of hydrogen-bond acceptors (Lipinski definition) is 2. The third kappa shape index (κ3) is 3.65. The van der Waals surface area contributed by atoms with E-state index < -0.39 is 10.0 Å². The van der Waals surface area contributed by atoms with Crippen molar-refractivity contribution in [1.29, 1.82) is 0 Å². The minimum atomic E-state index is -3.01. The van der Waals surface area contributed by atoms with Crippen LogP contribution in [0.4, 0.5) is 0 Å². The summed E-state index contributed by atoms with van der Waals surface area (Å²) < 4.78 is 24.6. The van der Waals surface area contributed by atoms with Gasteiger partial charge in [0.2, 0.25) is 10.0 Å². The van der Waals surface area contributed by atoms with Crippen molar-refractivity contribution in [3.8, 4) is 0 Å². The Morgan fingerprint density at radius 3 is 2.23 bits per heavy atom. The molecule has 0 amide bonds. The molecule has 78 valence electrons. The Kier molecular flexibility index (Phi) is 3.35. The Balaban J connectivity index is 2.47. The fourth-order valence-electron chi connectivity index (χ4n) is 1.96. The van der Waals surface area contributed by atoms with Gasteiger partial charge in [-0.15, -0.1) is 0 Å². The normalized spacial score (nSPS) is 36.1. The average molecular weight is 205 g/mol. The van der Waals surface area contributed by atoms with Crippen LogP contribution in [0.3, 0.4) is 0 Å². The molecule has 0 bridgehead atoms. The molecule has 1 aliphatic carbocycles. The molecule has 1 aliphatic rings. The van der Waals surface area contributed by atoms with E-state index in [1.165, 1.54) is 6.26 Å². The minimum absolute atomic E-state index is 0.168. The van der Waals surface area contributed by atoms with E-state index in [0.717, 1.165) is 25.2 Å². The Labute approximate surface area is 81.0 Å². The summed E-state index contributed by atoms with van der Waals surface area (Å²) in [6.07, 6.45) is 4.33. The summed E-state index contributed by atoms with van der Waals surface area (Å²) in [6.45, 7) is 4.43. The maximum Gasteiger partial charge on any atom is 0.208 e. The van der Waals surface area contributed by atoms with Gasteiger partial charge in [0.05, 0.1) is 6.26 Å². The largest absolute Gasteiger partial charge is 0.213 e. The maximum atomic E-state index is 11.0. The van der Waals surface area contributed by atoms with Gasteiger partial charge in [-0.1, -0.05) is 13.8 Å². The lowest BCUT2D eigenvalue weighted by Crippen LogP contribution is -2.39. The van der Waals surface area contributed by atoms with Gasteiger partial charge >= 0.3 is 0 Å². The monoisotopic (exact) mass is 205 g/mol. The van der Waals surface area contributed by atoms with Crippen LogP contribution in [0.25, 0.3) is 0 Å². The van der Waals surface area contributed by atoms with Gasteiger partial charge in [-0.3, -0.25) is 0 Å². The summed E-state index contributed by atoms with van der Waals surface area (Å²) in [5, 5.41) is 0. The molecule has 1 saturated carbocycles. The summed E-state index contributed by atoms with van der Waals surface area (Å²) in [6, 6.07) is 0.168. The van der Waals surface area contributed by atoms with Gasteiger partial charge in [0, 0.05) is 6.04 Å². The van der Waals surface area contributed by atoms with Gasteiger partial charge in [-0.05, 0) is 31.1 Å². The van der Waals surface area contributed by atoms with Crippen LogP contribution in [0.2, 0.25) is 0 Å². The van der Waals surface area contributed by atoms with E-state index in [-0.39, 0.29) is 6.04 Å². The second-order valence-electron chi connectivity index (χ2n) is 4.35. The van der Waals surface area contributed by atoms with Gasteiger partial charge in [0.25, 0.3) is 0 Å². The van der Waals surface area contributed by atoms with E-state index >= 15 is 0 Å². The summed E-state index contributed by atoms with van der Waals surface area (Å²) in [7, 11) is -3.01. The lowest BCUT2D eigenvalue weighted by Gasteiger charge is -2.31. The lowest BCUT2D eigenvalue weighted by atomic mass is 9.79. The quantitative estimate of drug-likeness (QED) is 0.740. The van der Waals surface area contributed by atoms with Crippen LogP contribution in [0, 0.1) is 11.8 Å². The van der Waals surface area contributed by atoms with Crippen LogP contribution in [0.5, 0.6) is 0 Å². The molecule has 0 saturated heterocycles. The number of rotatable bonds is 2. The van der Waals surface area contributed by atoms with Crippen LogP contribution in [0.15, 0.2) is 0 Å². The zero-order chi connectivity index (χ0) is 10.1. The first-order valence-electron chi connectivity index (χ1n) is 4.86. The predicted molar refractivity (Wildman–Crippen MR) is 53.9 cm³/mol. The summed E-state index contributed by atoms with van der Waals surface area (Å²) >= 11 is 0. The first-order chi connectivity index (χ1) is 5.88. The van der Waals surface area contributed by atoms with Crippen molar-refractivity contribution >= 4 is 10.0 Å². The molecule has 3 atom stereocenters. The van der Waals surface area contributed by atoms with E-state index in [1.807, 2.05) is 0 Å². The zero-order valence-electron chi connectivity index (χ0n) is 8.58. The molecule has 0 spiro atoms. The molecule has 0 heterocycles. The molecule has 0 radical (unpaired) electrons. The minimum Gasteiger partial charge on any atom is -0.213 e. The number of sulfonamides is 1. The fourth-order valence-corrected chi connectivity index (χ4v) is 2.78. The maximum absolute atomic E-state index is 11.0. The van der Waals surface area contributed by atoms with Crippen LogP contribution in [0.1, 0.15) is 33.1 Å². The van der Waals surface area contributed by atoms with Crippen molar-refractivity contribution in [2.45, 2.75) is 39.2 Å². The summed E-state index contributed by atoms with van der Waals surface area (Å²) in [5.74, 6) is 1.37. The van der Waals surface area contributed by atoms with Crippen molar-refractivity contribution in [2.75, 3.05) is 6.26 Å². The smallest absolute Gasteiger partial charge is 0.208 e. The van der Waals surface area contributed by atoms with Gasteiger partial charge < -0.3 is 0 Å². The van der Waals surface area contributed by atoms with E-state index in [1.54, 1.807) is 0 Å². The highest BCUT2D eigenvalue weighted by Crippen LogP contribution is 2.29. The van der Waals surface area contributed by atoms with Crippen molar-refractivity contribution < 1.29 is 8.42 Å². The molecular weight excluding hydrogens is 186 g/mol. The number of nitrogens with one attached hydrogen (secondary N) is 1. The third-order valence-corrected chi connectivity index (χ3v) is 3.74. The van der Waals surface area contributed by atoms with E-state index in [2.05, 4.69) is 18.6 Å². The average Bonchev–Trinajstić information content (AvgIpc) is 1.94. The molecular formula is C9H19NO2S. The highest BCUT2D eigenvalue weighted by atomic mass is 32.2. The van der Waals surface area contributed by atoms with Crippen molar-refractivity contribution in [3.05, 3.63) is 0 Å². The summed E-state index contributed by atoms with van der Waals surface area (Å²) in [5.41, 5.74) is 0. The standard InChI is InChI=1S/C9H19NO2S/c1-7-4-5-9(6-8(7)2)10-13(3,11)12/h7-10H,4-6H2,1-3H3/t7-,8?,9+/m1/s1. The molecule has 3 nitrogen and oxygen atoms in total. The van der Waals surface area contributed by atoms with Crippen LogP contribution < -0.4 is 4.72 Å². The zero-order valence-corrected chi connectivity index (χ0v) is 9.39. The molecule has 1 fully saturated rings. The fraction of sp³-hybridized carbons (Fsp3) is 1.00. The second-order valence-corrected chi connectivity index (χ2v) is 6.13. The molecule has 1 N–H and O–H groups in total. The summed E-state index contributed by atoms with van der Waals surface area (Å²) in [4.78, 5) is 0. The molecule has 0 aromatic rings. The van der Waals surface area contributed by atoms with Gasteiger partial charge in [-0.25, -0.2) is 13.1 Å². The molecule has 1 rings (SSSR count). The highest BCUT2D eigenvalue weighted by molar-refractivity contribution is 7.88. The molecule has 4 heteroatoms. The van der Waals surface area contributed by atoms with Crippen molar-refractivity contribution in [1.82, 2.24) is 4.72 Å². The van der Waals surface area contributed by atoms with Crippen LogP contribution in [-0.2, 0) is 10.0 Å². The Morgan fingerprint density at radius 2 is 1.77 bits per heavy atom. The Bertz CT molecular complexity index is 261. The van der Waals surface area contributed by atoms with Crippen molar-refractivity contribution in [2.24, 2.45) is 11.8 Å². The topological polar surface area (TPSA) is 46.2 Å². The molecule has 0 aliphatic heterocycles. The SMILES string of the molecule is CC1C[C@@H](NS(C)(=O)=O)CC[C@H]1C. The van der Waals surface area contributed by atoms with E-state index in [0.29, 0.717) is 5.92 Å². The number of hydrogen-bond donors (Lipinski definition) is 1. The van der Waals surface area contributed by atoms with Crippen LogP contribution in [-0.4, -0.2) is 20.7 Å². The molecule has 1 unspecified atom stereocenters. The predicted octanol–water partition coefficient (Wildman–Crippen LogP) is 1.36. The van der Waals surface area contributed by atoms with Gasteiger partial charge in [0.1, 0.15) is 0 Å². The first-order valence-corrected chi connectivity index (χ1v) is 6.75. The Morgan fingerprint density at radius 1 is 1.15 bits per heavy atom. The van der Waals surface area contributed by atoms with E-state index in [9.17, 15) is 8.42 Å². The molecule has 0 aromatic heterocycles. The Hall–Kier alpha value is -0.0900. The van der Waals surface area contributed by atoms with E-state index in [4.69, 9.17) is 0 Å². The first kappa shape index (κ1) is 11.0. The molecule has 0 aromatic carbocycles. The van der Waals surface area contributed by atoms with Gasteiger partial charge in [-0.2, -0.15) is 0 Å². The van der Waals surface area contributed by atoms with Crippen molar-refractivity contribution in [3.63, 3.8) is 0 Å². The van der Waals surface area contributed by atoms with Crippen LogP contribution >= 0.6 is 0 Å².